The smallest absolute Gasteiger partial charge is 0.223 e. The summed E-state index contributed by atoms with van der Waals surface area (Å²) in [4.78, 5) is 28.3. The number of nitrogens with one attached hydrogen (secondary N) is 1. The summed E-state index contributed by atoms with van der Waals surface area (Å²) in [6.07, 6.45) is 7.50. The molecule has 0 bridgehead atoms. The van der Waals surface area contributed by atoms with Gasteiger partial charge in [-0.05, 0) is 51.6 Å². The third kappa shape index (κ3) is 4.53. The molecule has 1 saturated carbocycles. The molecule has 6 heteroatoms. The van der Waals surface area contributed by atoms with Crippen LogP contribution in [0.5, 0.6) is 0 Å². The Bertz CT molecular complexity index is 471. The monoisotopic (exact) mass is 351 g/mol. The first-order chi connectivity index (χ1) is 12.1. The van der Waals surface area contributed by atoms with Crippen LogP contribution in [0.2, 0.25) is 0 Å². The number of carbonyl (C=O) groups excluding carboxylic acids is 2. The molecule has 2 N–H and O–H groups in total. The highest BCUT2D eigenvalue weighted by Gasteiger charge is 2.36. The lowest BCUT2D eigenvalue weighted by Gasteiger charge is -2.35. The second-order valence-corrected chi connectivity index (χ2v) is 7.98. The molecule has 3 fully saturated rings. The predicted octanol–water partition coefficient (Wildman–Crippen LogP) is 1.13. The van der Waals surface area contributed by atoms with Crippen molar-refractivity contribution < 1.29 is 14.7 Å². The van der Waals surface area contributed by atoms with Gasteiger partial charge in [-0.2, -0.15) is 0 Å². The average Bonchev–Trinajstić information content (AvgIpc) is 3.08. The maximum Gasteiger partial charge on any atom is 0.223 e. The molecule has 142 valence electrons. The topological polar surface area (TPSA) is 72.9 Å². The average molecular weight is 351 g/mol. The van der Waals surface area contributed by atoms with Gasteiger partial charge in [0.05, 0.1) is 12.1 Å². The van der Waals surface area contributed by atoms with Crippen LogP contribution in [0, 0.1) is 5.92 Å². The summed E-state index contributed by atoms with van der Waals surface area (Å²) in [5.74, 6) is 0.122. The SMILES string of the molecule is CC(=O)N1CCC(C(=O)N[C@@H]2CCCC[C@@H](N3CCCC3)[C@@H]2O)CC1. The van der Waals surface area contributed by atoms with Gasteiger partial charge in [-0.15, -0.1) is 0 Å². The number of rotatable bonds is 3. The molecule has 25 heavy (non-hydrogen) atoms. The molecule has 3 rings (SSSR count). The fourth-order valence-corrected chi connectivity index (χ4v) is 4.71. The van der Waals surface area contributed by atoms with Crippen LogP contribution in [-0.2, 0) is 9.59 Å². The van der Waals surface area contributed by atoms with Crippen molar-refractivity contribution >= 4 is 11.8 Å². The molecule has 0 unspecified atom stereocenters. The molecule has 1 aliphatic carbocycles. The minimum absolute atomic E-state index is 0.0312. The molecule has 2 saturated heterocycles. The Balaban J connectivity index is 1.55. The molecule has 0 aromatic rings. The van der Waals surface area contributed by atoms with Crippen LogP contribution < -0.4 is 5.32 Å². The summed E-state index contributed by atoms with van der Waals surface area (Å²) in [5, 5.41) is 14.1. The van der Waals surface area contributed by atoms with Gasteiger partial charge in [-0.25, -0.2) is 0 Å². The van der Waals surface area contributed by atoms with E-state index in [-0.39, 0.29) is 29.8 Å². The quantitative estimate of drug-likeness (QED) is 0.748. The van der Waals surface area contributed by atoms with Crippen LogP contribution in [0.4, 0.5) is 0 Å². The van der Waals surface area contributed by atoms with Crippen molar-refractivity contribution in [3.05, 3.63) is 0 Å². The van der Waals surface area contributed by atoms with E-state index in [1.165, 1.54) is 12.8 Å². The summed E-state index contributed by atoms with van der Waals surface area (Å²) in [5.41, 5.74) is 0. The number of nitrogens with zero attached hydrogens (tertiary/aromatic N) is 2. The van der Waals surface area contributed by atoms with Crippen LogP contribution in [0.1, 0.15) is 58.3 Å². The lowest BCUT2D eigenvalue weighted by molar-refractivity contribution is -0.134. The first-order valence-electron chi connectivity index (χ1n) is 10.0. The van der Waals surface area contributed by atoms with Gasteiger partial charge in [0, 0.05) is 32.0 Å². The minimum atomic E-state index is -0.471. The largest absolute Gasteiger partial charge is 0.389 e. The van der Waals surface area contributed by atoms with E-state index in [4.69, 9.17) is 0 Å². The fraction of sp³-hybridized carbons (Fsp3) is 0.895. The van der Waals surface area contributed by atoms with E-state index >= 15 is 0 Å². The van der Waals surface area contributed by atoms with Crippen LogP contribution in [0.15, 0.2) is 0 Å². The van der Waals surface area contributed by atoms with Gasteiger partial charge in [0.25, 0.3) is 0 Å². The Kier molecular flexibility index (Phi) is 6.34. The van der Waals surface area contributed by atoms with Crippen LogP contribution >= 0.6 is 0 Å². The van der Waals surface area contributed by atoms with Crippen molar-refractivity contribution in [2.45, 2.75) is 76.5 Å². The van der Waals surface area contributed by atoms with Crippen molar-refractivity contribution in [1.29, 1.82) is 0 Å². The fourth-order valence-electron chi connectivity index (χ4n) is 4.71. The van der Waals surface area contributed by atoms with Gasteiger partial charge in [-0.1, -0.05) is 12.8 Å². The molecule has 0 radical (unpaired) electrons. The Hall–Kier alpha value is -1.14. The van der Waals surface area contributed by atoms with Gasteiger partial charge in [-0.3, -0.25) is 14.5 Å². The molecule has 0 spiro atoms. The van der Waals surface area contributed by atoms with Crippen molar-refractivity contribution in [2.75, 3.05) is 26.2 Å². The van der Waals surface area contributed by atoms with Crippen LogP contribution in [0.25, 0.3) is 0 Å². The predicted molar refractivity (Wildman–Crippen MR) is 96.0 cm³/mol. The van der Waals surface area contributed by atoms with E-state index in [0.717, 1.165) is 51.6 Å². The van der Waals surface area contributed by atoms with E-state index in [0.29, 0.717) is 13.1 Å². The number of aliphatic hydroxyl groups is 1. The minimum Gasteiger partial charge on any atom is -0.389 e. The zero-order chi connectivity index (χ0) is 17.8. The lowest BCUT2D eigenvalue weighted by Crippen LogP contribution is -2.54. The molecule has 2 amide bonds. The van der Waals surface area contributed by atoms with Gasteiger partial charge < -0.3 is 15.3 Å². The Labute approximate surface area is 150 Å². The maximum absolute atomic E-state index is 12.7. The first kappa shape index (κ1) is 18.6. The van der Waals surface area contributed by atoms with Gasteiger partial charge >= 0.3 is 0 Å². The third-order valence-corrected chi connectivity index (χ3v) is 6.32. The zero-order valence-corrected chi connectivity index (χ0v) is 15.5. The third-order valence-electron chi connectivity index (χ3n) is 6.32. The molecular weight excluding hydrogens is 318 g/mol. The summed E-state index contributed by atoms with van der Waals surface area (Å²) in [6, 6.07) is 0.0568. The van der Waals surface area contributed by atoms with E-state index < -0.39 is 6.10 Å². The molecule has 2 heterocycles. The number of carbonyl (C=O) groups is 2. The van der Waals surface area contributed by atoms with Gasteiger partial charge in [0.2, 0.25) is 11.8 Å². The molecule has 0 aromatic heterocycles. The number of likely N-dealkylation sites (tertiary alicyclic amines) is 2. The Morgan fingerprint density at radius 3 is 2.20 bits per heavy atom. The van der Waals surface area contributed by atoms with Gasteiger partial charge in [0.1, 0.15) is 0 Å². The molecule has 6 nitrogen and oxygen atoms in total. The van der Waals surface area contributed by atoms with Crippen LogP contribution in [-0.4, -0.2) is 71.1 Å². The van der Waals surface area contributed by atoms with E-state index in [2.05, 4.69) is 10.2 Å². The summed E-state index contributed by atoms with van der Waals surface area (Å²) >= 11 is 0. The standard InChI is InChI=1S/C19H33N3O3/c1-14(23)21-12-8-15(9-13-21)19(25)20-16-6-2-3-7-17(18(16)24)22-10-4-5-11-22/h15-18,24H,2-13H2,1H3,(H,20,25)/t16-,17-,18-/m1/s1. The first-order valence-corrected chi connectivity index (χ1v) is 10.0. The Morgan fingerprint density at radius 1 is 0.920 bits per heavy atom. The highest BCUT2D eigenvalue weighted by molar-refractivity contribution is 5.80. The van der Waals surface area contributed by atoms with E-state index in [1.807, 2.05) is 4.90 Å². The molecule has 0 aromatic carbocycles. The summed E-state index contributed by atoms with van der Waals surface area (Å²) in [6.45, 7) is 5.06. The van der Waals surface area contributed by atoms with E-state index in [1.54, 1.807) is 6.92 Å². The van der Waals surface area contributed by atoms with Crippen molar-refractivity contribution in [3.63, 3.8) is 0 Å². The second kappa shape index (κ2) is 8.49. The highest BCUT2D eigenvalue weighted by Crippen LogP contribution is 2.26. The van der Waals surface area contributed by atoms with Gasteiger partial charge in [0.15, 0.2) is 0 Å². The van der Waals surface area contributed by atoms with Crippen molar-refractivity contribution in [3.8, 4) is 0 Å². The molecule has 3 aliphatic rings. The normalized spacial score (nSPS) is 32.4. The number of amides is 2. The molecular formula is C19H33N3O3. The number of aliphatic hydroxyl groups excluding tert-OH is 1. The van der Waals surface area contributed by atoms with Crippen molar-refractivity contribution in [2.24, 2.45) is 5.92 Å². The Morgan fingerprint density at radius 2 is 1.56 bits per heavy atom. The highest BCUT2D eigenvalue weighted by atomic mass is 16.3. The van der Waals surface area contributed by atoms with E-state index in [9.17, 15) is 14.7 Å². The second-order valence-electron chi connectivity index (χ2n) is 7.98. The number of hydrogen-bond acceptors (Lipinski definition) is 4. The maximum atomic E-state index is 12.7. The molecule has 2 aliphatic heterocycles. The van der Waals surface area contributed by atoms with Crippen molar-refractivity contribution in [1.82, 2.24) is 15.1 Å². The molecule has 3 atom stereocenters. The summed E-state index contributed by atoms with van der Waals surface area (Å²) < 4.78 is 0. The number of hydrogen-bond donors (Lipinski definition) is 2. The summed E-state index contributed by atoms with van der Waals surface area (Å²) in [7, 11) is 0. The zero-order valence-electron chi connectivity index (χ0n) is 15.5. The number of piperidine rings is 1. The van der Waals surface area contributed by atoms with Crippen LogP contribution in [0.3, 0.4) is 0 Å². The lowest BCUT2D eigenvalue weighted by atomic mass is 9.94.